The number of ether oxygens (including phenoxy) is 3. The molecule has 0 saturated carbocycles. The van der Waals surface area contributed by atoms with Crippen LogP contribution >= 0.6 is 0 Å². The monoisotopic (exact) mass is 240 g/mol. The van der Waals surface area contributed by atoms with Gasteiger partial charge in [0.25, 0.3) is 0 Å². The molecule has 0 amide bonds. The van der Waals surface area contributed by atoms with E-state index in [0.717, 1.165) is 0 Å². The first-order valence-corrected chi connectivity index (χ1v) is 5.51. The van der Waals surface area contributed by atoms with Gasteiger partial charge in [-0.25, -0.2) is 9.59 Å². The fraction of sp³-hybridized carbons (Fsp3) is 0.636. The standard InChI is InChI=1S/C11H12O6/c12-8(13)10-3-1-2-4-11(10,17-10)9(14)16-6-7-5-15-7/h1,3,7H,2,4-6H2,(H,12,13). The van der Waals surface area contributed by atoms with Crippen molar-refractivity contribution in [3.8, 4) is 0 Å². The number of epoxide rings is 2. The predicted octanol–water partition coefficient (Wildman–Crippen LogP) is -0.129. The SMILES string of the molecule is O=C(O)C12C=CCCC1(C(=O)OCC1CO1)O2. The second-order valence-electron chi connectivity index (χ2n) is 4.46. The zero-order chi connectivity index (χ0) is 12.1. The van der Waals surface area contributed by atoms with Crippen LogP contribution in [0.4, 0.5) is 0 Å². The molecule has 3 atom stereocenters. The summed E-state index contributed by atoms with van der Waals surface area (Å²) in [6.45, 7) is 0.758. The summed E-state index contributed by atoms with van der Waals surface area (Å²) in [5.41, 5.74) is -2.82. The number of carboxylic acids is 1. The van der Waals surface area contributed by atoms with Crippen molar-refractivity contribution in [3.63, 3.8) is 0 Å². The van der Waals surface area contributed by atoms with Gasteiger partial charge in [0.05, 0.1) is 6.61 Å². The first kappa shape index (κ1) is 10.7. The second kappa shape index (κ2) is 3.30. The van der Waals surface area contributed by atoms with Gasteiger partial charge in [0.15, 0.2) is 0 Å². The lowest BCUT2D eigenvalue weighted by atomic mass is 9.84. The Kier molecular flexibility index (Phi) is 2.08. The molecule has 0 aromatic rings. The van der Waals surface area contributed by atoms with Crippen molar-refractivity contribution in [2.75, 3.05) is 13.2 Å². The zero-order valence-corrected chi connectivity index (χ0v) is 9.05. The highest BCUT2D eigenvalue weighted by atomic mass is 16.7. The lowest BCUT2D eigenvalue weighted by Gasteiger charge is -2.16. The van der Waals surface area contributed by atoms with Crippen molar-refractivity contribution in [1.29, 1.82) is 0 Å². The maximum atomic E-state index is 11.9. The van der Waals surface area contributed by atoms with Crippen molar-refractivity contribution in [2.45, 2.75) is 30.1 Å². The molecule has 0 aromatic carbocycles. The average Bonchev–Trinajstić information content (AvgIpc) is 3.18. The molecule has 0 bridgehead atoms. The van der Waals surface area contributed by atoms with Gasteiger partial charge < -0.3 is 19.3 Å². The summed E-state index contributed by atoms with van der Waals surface area (Å²) in [4.78, 5) is 23.1. The third-order valence-corrected chi connectivity index (χ3v) is 3.36. The van der Waals surface area contributed by atoms with Crippen LogP contribution in [-0.4, -0.2) is 47.6 Å². The molecule has 0 spiro atoms. The molecule has 3 aliphatic rings. The van der Waals surface area contributed by atoms with E-state index in [1.54, 1.807) is 6.08 Å². The van der Waals surface area contributed by atoms with Crippen molar-refractivity contribution in [1.82, 2.24) is 0 Å². The van der Waals surface area contributed by atoms with E-state index in [2.05, 4.69) is 0 Å². The van der Waals surface area contributed by atoms with Crippen molar-refractivity contribution in [3.05, 3.63) is 12.2 Å². The van der Waals surface area contributed by atoms with Gasteiger partial charge in [0, 0.05) is 0 Å². The van der Waals surface area contributed by atoms with Crippen LogP contribution in [0.1, 0.15) is 12.8 Å². The van der Waals surface area contributed by atoms with Gasteiger partial charge in [-0.05, 0) is 18.9 Å². The van der Waals surface area contributed by atoms with Crippen LogP contribution in [0, 0.1) is 0 Å². The van der Waals surface area contributed by atoms with Gasteiger partial charge in [-0.15, -0.1) is 0 Å². The van der Waals surface area contributed by atoms with Gasteiger partial charge in [-0.3, -0.25) is 0 Å². The van der Waals surface area contributed by atoms with E-state index in [1.165, 1.54) is 6.08 Å². The fourth-order valence-electron chi connectivity index (χ4n) is 2.22. The topological polar surface area (TPSA) is 88.7 Å². The third kappa shape index (κ3) is 1.41. The minimum Gasteiger partial charge on any atom is -0.479 e. The normalized spacial score (nSPS) is 41.5. The maximum absolute atomic E-state index is 11.9. The summed E-state index contributed by atoms with van der Waals surface area (Å²) in [6.07, 6.45) is 4.08. The first-order valence-electron chi connectivity index (χ1n) is 5.51. The van der Waals surface area contributed by atoms with E-state index in [1.807, 2.05) is 0 Å². The summed E-state index contributed by atoms with van der Waals surface area (Å²) in [7, 11) is 0. The number of carbonyl (C=O) groups is 2. The highest BCUT2D eigenvalue weighted by molar-refractivity contribution is 5.99. The molecule has 17 heavy (non-hydrogen) atoms. The Bertz CT molecular complexity index is 412. The van der Waals surface area contributed by atoms with Crippen LogP contribution in [0.25, 0.3) is 0 Å². The van der Waals surface area contributed by atoms with Gasteiger partial charge >= 0.3 is 11.9 Å². The molecule has 2 aliphatic heterocycles. The lowest BCUT2D eigenvalue weighted by Crippen LogP contribution is -2.41. The van der Waals surface area contributed by atoms with Crippen molar-refractivity contribution in [2.24, 2.45) is 0 Å². The molecule has 3 rings (SSSR count). The first-order chi connectivity index (χ1) is 8.11. The molecule has 6 nitrogen and oxygen atoms in total. The molecule has 6 heteroatoms. The number of carbonyl (C=O) groups excluding carboxylic acids is 1. The number of carboxylic acid groups (broad SMARTS) is 1. The molecule has 3 unspecified atom stereocenters. The number of esters is 1. The average molecular weight is 240 g/mol. The van der Waals surface area contributed by atoms with Crippen LogP contribution in [0.2, 0.25) is 0 Å². The van der Waals surface area contributed by atoms with E-state index in [4.69, 9.17) is 19.3 Å². The van der Waals surface area contributed by atoms with Crippen LogP contribution in [0.3, 0.4) is 0 Å². The largest absolute Gasteiger partial charge is 0.479 e. The molecule has 2 fully saturated rings. The van der Waals surface area contributed by atoms with E-state index in [0.29, 0.717) is 19.4 Å². The number of hydrogen-bond donors (Lipinski definition) is 1. The second-order valence-corrected chi connectivity index (χ2v) is 4.46. The minimum absolute atomic E-state index is 0.0348. The van der Waals surface area contributed by atoms with E-state index in [9.17, 15) is 9.59 Å². The third-order valence-electron chi connectivity index (χ3n) is 3.36. The highest BCUT2D eigenvalue weighted by Gasteiger charge is 2.79. The fourth-order valence-corrected chi connectivity index (χ4v) is 2.22. The number of hydrogen-bond acceptors (Lipinski definition) is 5. The quantitative estimate of drug-likeness (QED) is 0.418. The van der Waals surface area contributed by atoms with E-state index < -0.39 is 23.1 Å². The number of fused-ring (bicyclic) bond motifs is 1. The van der Waals surface area contributed by atoms with E-state index in [-0.39, 0.29) is 12.7 Å². The van der Waals surface area contributed by atoms with Gasteiger partial charge in [0.1, 0.15) is 12.7 Å². The minimum atomic E-state index is -1.51. The molecule has 2 saturated heterocycles. The van der Waals surface area contributed by atoms with Crippen LogP contribution in [0.5, 0.6) is 0 Å². The lowest BCUT2D eigenvalue weighted by molar-refractivity contribution is -0.152. The van der Waals surface area contributed by atoms with Crippen LogP contribution in [0.15, 0.2) is 12.2 Å². The summed E-state index contributed by atoms with van der Waals surface area (Å²) in [6, 6.07) is 0. The molecule has 0 aromatic heterocycles. The maximum Gasteiger partial charge on any atom is 0.343 e. The molecule has 0 radical (unpaired) electrons. The predicted molar refractivity (Wildman–Crippen MR) is 53.3 cm³/mol. The summed E-state index contributed by atoms with van der Waals surface area (Å²) in [5.74, 6) is -1.74. The summed E-state index contributed by atoms with van der Waals surface area (Å²) in [5, 5.41) is 9.13. The summed E-state index contributed by atoms with van der Waals surface area (Å²) >= 11 is 0. The Labute approximate surface area is 97.1 Å². The van der Waals surface area contributed by atoms with Crippen LogP contribution in [-0.2, 0) is 23.8 Å². The van der Waals surface area contributed by atoms with Gasteiger partial charge in [-0.2, -0.15) is 0 Å². The molecular weight excluding hydrogens is 228 g/mol. The molecule has 1 N–H and O–H groups in total. The smallest absolute Gasteiger partial charge is 0.343 e. The Hall–Kier alpha value is -1.40. The Morgan fingerprint density at radius 2 is 2.29 bits per heavy atom. The summed E-state index contributed by atoms with van der Waals surface area (Å²) < 4.78 is 15.2. The molecule has 2 heterocycles. The number of allylic oxidation sites excluding steroid dienone is 1. The van der Waals surface area contributed by atoms with E-state index >= 15 is 0 Å². The van der Waals surface area contributed by atoms with Crippen molar-refractivity contribution < 1.29 is 28.9 Å². The Balaban J connectivity index is 1.74. The molecule has 92 valence electrons. The number of rotatable bonds is 4. The van der Waals surface area contributed by atoms with Crippen molar-refractivity contribution >= 4 is 11.9 Å². The van der Waals surface area contributed by atoms with Gasteiger partial charge in [0.2, 0.25) is 11.2 Å². The highest BCUT2D eigenvalue weighted by Crippen LogP contribution is 2.55. The van der Waals surface area contributed by atoms with Gasteiger partial charge in [-0.1, -0.05) is 6.08 Å². The Morgan fingerprint density at radius 3 is 2.94 bits per heavy atom. The number of aliphatic carboxylic acids is 1. The molecular formula is C11H12O6. The molecule has 1 aliphatic carbocycles. The van der Waals surface area contributed by atoms with Crippen LogP contribution < -0.4 is 0 Å². The zero-order valence-electron chi connectivity index (χ0n) is 9.05. The Morgan fingerprint density at radius 1 is 1.53 bits per heavy atom.